The summed E-state index contributed by atoms with van der Waals surface area (Å²) in [5.74, 6) is -0.258. The quantitative estimate of drug-likeness (QED) is 0.266. The van der Waals surface area contributed by atoms with Crippen LogP contribution in [0.2, 0.25) is 0 Å². The molecule has 38 heavy (non-hydrogen) atoms. The summed E-state index contributed by atoms with van der Waals surface area (Å²) in [5.41, 5.74) is 3.15. The first kappa shape index (κ1) is 25.7. The molecule has 4 aromatic rings. The number of pyridine rings is 1. The SMILES string of the molecule is CCC(C)Nc1ccc(-c2c(C#N)c3ccc(Oc4ncccc4C(F)(F)F)cc3n2C2CCCC2)cc1. The lowest BCUT2D eigenvalue weighted by Crippen LogP contribution is -2.13. The number of halogens is 3. The highest BCUT2D eigenvalue weighted by molar-refractivity contribution is 5.95. The van der Waals surface area contributed by atoms with E-state index in [2.05, 4.69) is 34.8 Å². The number of fused-ring (bicyclic) bond motifs is 1. The average molecular weight is 519 g/mol. The maximum absolute atomic E-state index is 13.5. The first-order chi connectivity index (χ1) is 18.3. The van der Waals surface area contributed by atoms with Crippen molar-refractivity contribution < 1.29 is 17.9 Å². The van der Waals surface area contributed by atoms with Gasteiger partial charge in [-0.05, 0) is 68.1 Å². The molecule has 2 heterocycles. The van der Waals surface area contributed by atoms with Crippen molar-refractivity contribution in [1.29, 1.82) is 5.26 Å². The maximum Gasteiger partial charge on any atom is 0.421 e. The van der Waals surface area contributed by atoms with E-state index in [1.165, 1.54) is 12.3 Å². The number of ether oxygens (including phenoxy) is 1. The summed E-state index contributed by atoms with van der Waals surface area (Å²) in [6.07, 6.45) is 1.80. The molecule has 5 rings (SSSR count). The van der Waals surface area contributed by atoms with Gasteiger partial charge in [0, 0.05) is 35.4 Å². The average Bonchev–Trinajstić information content (AvgIpc) is 3.54. The van der Waals surface area contributed by atoms with Crippen LogP contribution in [0.4, 0.5) is 18.9 Å². The Labute approximate surface area is 219 Å². The third-order valence-corrected chi connectivity index (χ3v) is 7.25. The fourth-order valence-electron chi connectivity index (χ4n) is 5.20. The van der Waals surface area contributed by atoms with E-state index in [0.717, 1.165) is 66.0 Å². The van der Waals surface area contributed by atoms with Gasteiger partial charge in [0.15, 0.2) is 0 Å². The monoisotopic (exact) mass is 518 g/mol. The van der Waals surface area contributed by atoms with Crippen LogP contribution in [-0.2, 0) is 6.18 Å². The van der Waals surface area contributed by atoms with Crippen molar-refractivity contribution in [1.82, 2.24) is 9.55 Å². The minimum atomic E-state index is -4.59. The van der Waals surface area contributed by atoms with E-state index < -0.39 is 17.6 Å². The molecule has 2 aromatic heterocycles. The van der Waals surface area contributed by atoms with Crippen molar-refractivity contribution in [2.45, 2.75) is 64.2 Å². The predicted octanol–water partition coefficient (Wildman–Crippen LogP) is 8.71. The molecule has 1 atom stereocenters. The third kappa shape index (κ3) is 4.93. The number of hydrogen-bond acceptors (Lipinski definition) is 4. The van der Waals surface area contributed by atoms with E-state index in [-0.39, 0.29) is 11.8 Å². The highest BCUT2D eigenvalue weighted by Crippen LogP contribution is 2.43. The van der Waals surface area contributed by atoms with Gasteiger partial charge >= 0.3 is 6.18 Å². The van der Waals surface area contributed by atoms with Crippen LogP contribution >= 0.6 is 0 Å². The molecular weight excluding hydrogens is 489 g/mol. The van der Waals surface area contributed by atoms with Crippen molar-refractivity contribution in [2.24, 2.45) is 0 Å². The molecule has 1 unspecified atom stereocenters. The number of anilines is 1. The molecule has 1 aliphatic rings. The topological polar surface area (TPSA) is 62.9 Å². The summed E-state index contributed by atoms with van der Waals surface area (Å²) < 4.78 is 48.4. The second-order valence-electron chi connectivity index (χ2n) is 9.81. The Bertz CT molecular complexity index is 1480. The Morgan fingerprint density at radius 1 is 1.13 bits per heavy atom. The van der Waals surface area contributed by atoms with E-state index in [1.54, 1.807) is 18.2 Å². The predicted molar refractivity (Wildman–Crippen MR) is 142 cm³/mol. The van der Waals surface area contributed by atoms with Gasteiger partial charge in [-0.2, -0.15) is 18.4 Å². The number of nitriles is 1. The van der Waals surface area contributed by atoms with Gasteiger partial charge in [-0.3, -0.25) is 0 Å². The molecular formula is C30H29F3N4O. The minimum Gasteiger partial charge on any atom is -0.438 e. The number of nitrogens with zero attached hydrogens (tertiary/aromatic N) is 3. The van der Waals surface area contributed by atoms with Crippen LogP contribution in [0.15, 0.2) is 60.8 Å². The molecule has 5 nitrogen and oxygen atoms in total. The molecule has 1 aliphatic carbocycles. The zero-order valence-corrected chi connectivity index (χ0v) is 21.3. The molecule has 1 fully saturated rings. The summed E-state index contributed by atoms with van der Waals surface area (Å²) in [6, 6.07) is 18.3. The largest absolute Gasteiger partial charge is 0.438 e. The number of benzene rings is 2. The number of alkyl halides is 3. The highest BCUT2D eigenvalue weighted by Gasteiger charge is 2.35. The fourth-order valence-corrected chi connectivity index (χ4v) is 5.20. The second-order valence-corrected chi connectivity index (χ2v) is 9.81. The van der Waals surface area contributed by atoms with Crippen LogP contribution in [0, 0.1) is 11.3 Å². The van der Waals surface area contributed by atoms with Gasteiger partial charge in [-0.15, -0.1) is 0 Å². The summed E-state index contributed by atoms with van der Waals surface area (Å²) in [4.78, 5) is 3.83. The Morgan fingerprint density at radius 3 is 2.53 bits per heavy atom. The normalized spacial score (nSPS) is 14.9. The van der Waals surface area contributed by atoms with Crippen LogP contribution in [0.25, 0.3) is 22.2 Å². The van der Waals surface area contributed by atoms with Gasteiger partial charge in [0.25, 0.3) is 0 Å². The van der Waals surface area contributed by atoms with Crippen LogP contribution in [0.3, 0.4) is 0 Å². The fraction of sp³-hybridized carbons (Fsp3) is 0.333. The number of nitrogens with one attached hydrogen (secondary N) is 1. The molecule has 0 amide bonds. The molecule has 196 valence electrons. The Morgan fingerprint density at radius 2 is 1.87 bits per heavy atom. The molecule has 1 N–H and O–H groups in total. The number of aromatic nitrogens is 2. The molecule has 1 saturated carbocycles. The Hall–Kier alpha value is -3.99. The summed E-state index contributed by atoms with van der Waals surface area (Å²) >= 11 is 0. The van der Waals surface area contributed by atoms with Gasteiger partial charge in [-0.1, -0.05) is 31.9 Å². The van der Waals surface area contributed by atoms with Crippen molar-refractivity contribution in [3.63, 3.8) is 0 Å². The molecule has 8 heteroatoms. The van der Waals surface area contributed by atoms with E-state index in [9.17, 15) is 18.4 Å². The lowest BCUT2D eigenvalue weighted by atomic mass is 10.0. The van der Waals surface area contributed by atoms with E-state index in [0.29, 0.717) is 11.6 Å². The van der Waals surface area contributed by atoms with Crippen molar-refractivity contribution in [3.8, 4) is 29.0 Å². The summed E-state index contributed by atoms with van der Waals surface area (Å²) in [6.45, 7) is 4.25. The number of rotatable bonds is 7. The first-order valence-corrected chi connectivity index (χ1v) is 12.9. The lowest BCUT2D eigenvalue weighted by molar-refractivity contribution is -0.138. The molecule has 0 bridgehead atoms. The van der Waals surface area contributed by atoms with Gasteiger partial charge < -0.3 is 14.6 Å². The molecule has 0 radical (unpaired) electrons. The minimum absolute atomic E-state index is 0.184. The molecule has 0 aliphatic heterocycles. The smallest absolute Gasteiger partial charge is 0.421 e. The summed E-state index contributed by atoms with van der Waals surface area (Å²) in [5, 5.41) is 14.4. The van der Waals surface area contributed by atoms with Gasteiger partial charge in [0.1, 0.15) is 17.4 Å². The lowest BCUT2D eigenvalue weighted by Gasteiger charge is -2.19. The summed E-state index contributed by atoms with van der Waals surface area (Å²) in [7, 11) is 0. The maximum atomic E-state index is 13.5. The van der Waals surface area contributed by atoms with Gasteiger partial charge in [-0.25, -0.2) is 4.98 Å². The molecule has 0 saturated heterocycles. The standard InChI is InChI=1S/C30H29F3N4O/c1-3-19(2)36-21-12-10-20(11-13-21)28-25(18-34)24-15-14-23(17-27(24)37(28)22-7-4-5-8-22)38-29-26(30(31,32)33)9-6-16-35-29/h6,9-17,19,22,36H,3-5,7-8H2,1-2H3. The molecule has 0 spiro atoms. The first-order valence-electron chi connectivity index (χ1n) is 12.9. The van der Waals surface area contributed by atoms with Crippen molar-refractivity contribution in [2.75, 3.05) is 5.32 Å². The highest BCUT2D eigenvalue weighted by atomic mass is 19.4. The van der Waals surface area contributed by atoms with E-state index >= 15 is 0 Å². The van der Waals surface area contributed by atoms with Crippen LogP contribution in [0.5, 0.6) is 11.6 Å². The van der Waals surface area contributed by atoms with E-state index in [1.807, 2.05) is 24.3 Å². The Kier molecular flexibility index (Phi) is 7.02. The zero-order chi connectivity index (χ0) is 26.9. The van der Waals surface area contributed by atoms with Crippen LogP contribution in [0.1, 0.15) is 63.1 Å². The number of hydrogen-bond donors (Lipinski definition) is 1. The second kappa shape index (κ2) is 10.4. The van der Waals surface area contributed by atoms with Crippen LogP contribution in [-0.4, -0.2) is 15.6 Å². The zero-order valence-electron chi connectivity index (χ0n) is 21.3. The Balaban J connectivity index is 1.62. The third-order valence-electron chi connectivity index (χ3n) is 7.25. The van der Waals surface area contributed by atoms with Gasteiger partial charge in [0.2, 0.25) is 5.88 Å². The van der Waals surface area contributed by atoms with E-state index in [4.69, 9.17) is 4.74 Å². The van der Waals surface area contributed by atoms with Crippen molar-refractivity contribution in [3.05, 3.63) is 71.9 Å². The van der Waals surface area contributed by atoms with Gasteiger partial charge in [0.05, 0.1) is 16.8 Å². The van der Waals surface area contributed by atoms with Crippen molar-refractivity contribution >= 4 is 16.6 Å². The molecule has 2 aromatic carbocycles. The van der Waals surface area contributed by atoms with Crippen LogP contribution < -0.4 is 10.1 Å².